The fourth-order valence-corrected chi connectivity index (χ4v) is 42.9. The second-order valence-electron chi connectivity index (χ2n) is 9.84. The van der Waals surface area contributed by atoms with Crippen LogP contribution in [0.4, 0.5) is 0 Å². The van der Waals surface area contributed by atoms with Crippen molar-refractivity contribution in [3.05, 3.63) is 0 Å². The van der Waals surface area contributed by atoms with Crippen molar-refractivity contribution in [1.29, 1.82) is 0 Å². The number of rotatable bonds is 8. The minimum atomic E-state index is -2.88. The van der Waals surface area contributed by atoms with Crippen molar-refractivity contribution in [1.82, 2.24) is 0 Å². The minimum absolute atomic E-state index is 0.670. The Morgan fingerprint density at radius 3 is 0.720 bits per heavy atom. The van der Waals surface area contributed by atoms with Crippen LogP contribution in [0.1, 0.15) is 83.1 Å². The number of nitrogens with zero attached hydrogens (tertiary/aromatic N) is 2. The molecule has 25 heavy (non-hydrogen) atoms. The molecule has 5 heteroatoms. The van der Waals surface area contributed by atoms with Gasteiger partial charge in [0.25, 0.3) is 0 Å². The van der Waals surface area contributed by atoms with Gasteiger partial charge in [0.1, 0.15) is 0 Å². The van der Waals surface area contributed by atoms with Crippen LogP contribution < -0.4 is 0 Å². The molecule has 0 aromatic heterocycles. The van der Waals surface area contributed by atoms with Gasteiger partial charge in [0.15, 0.2) is 0 Å². The summed E-state index contributed by atoms with van der Waals surface area (Å²) in [5, 5.41) is 0. The Balaban J connectivity index is 6.82. The zero-order valence-electron chi connectivity index (χ0n) is 19.8. The third kappa shape index (κ3) is 5.63. The molecule has 0 aliphatic heterocycles. The van der Waals surface area contributed by atoms with Gasteiger partial charge < -0.3 is 0 Å². The van der Waals surface area contributed by atoms with E-state index in [0.29, 0.717) is 34.0 Å². The van der Waals surface area contributed by atoms with Crippen LogP contribution in [0.2, 0.25) is 9.88 Å². The van der Waals surface area contributed by atoms with Crippen LogP contribution in [0, 0.1) is 0 Å². The molecule has 0 aromatic rings. The molecule has 0 aliphatic carbocycles. The third-order valence-corrected chi connectivity index (χ3v) is 31.7. The first-order valence-electron chi connectivity index (χ1n) is 10.3. The van der Waals surface area contributed by atoms with E-state index in [2.05, 4.69) is 93.0 Å². The van der Waals surface area contributed by atoms with E-state index in [1.54, 1.807) is 0 Å². The van der Waals surface area contributed by atoms with Gasteiger partial charge in [-0.2, -0.15) is 0 Å². The van der Waals surface area contributed by atoms with Crippen LogP contribution in [0.15, 0.2) is 5.93 Å². The first-order chi connectivity index (χ1) is 11.1. The normalized spacial score (nSPS) is 14.6. The Hall–Kier alpha value is 1.26. The van der Waals surface area contributed by atoms with E-state index >= 15 is 0 Å². The Morgan fingerprint density at radius 1 is 0.440 bits per heavy atom. The summed E-state index contributed by atoms with van der Waals surface area (Å²) >= 11 is -2.88. The Kier molecular flexibility index (Phi) is 10.1. The Bertz CT molecular complexity index is 427. The van der Waals surface area contributed by atoms with Crippen molar-refractivity contribution in [3.63, 3.8) is 0 Å². The van der Waals surface area contributed by atoms with E-state index in [1.807, 2.05) is 0 Å². The fraction of sp³-hybridized carbons (Fsp3) is 1.00. The number of hydrogen-bond donors (Lipinski definition) is 0. The van der Waals surface area contributed by atoms with Crippen LogP contribution in [-0.2, 0) is 0 Å². The van der Waals surface area contributed by atoms with Crippen molar-refractivity contribution in [2.24, 2.45) is 5.93 Å². The maximum atomic E-state index is 5.85. The molecule has 0 radical (unpaired) electrons. The van der Waals surface area contributed by atoms with Gasteiger partial charge in [-0.25, -0.2) is 0 Å². The zero-order valence-corrected chi connectivity index (χ0v) is 24.4. The van der Waals surface area contributed by atoms with E-state index < -0.39 is 33.0 Å². The third-order valence-electron chi connectivity index (χ3n) is 5.80. The Morgan fingerprint density at radius 2 is 0.600 bits per heavy atom. The summed E-state index contributed by atoms with van der Waals surface area (Å²) < 4.78 is 11.7. The average molecular weight is 497 g/mol. The van der Waals surface area contributed by atoms with Crippen LogP contribution >= 0.6 is 14.1 Å². The molecule has 2 nitrogen and oxygen atoms in total. The summed E-state index contributed by atoms with van der Waals surface area (Å²) in [6, 6.07) is 0. The fourth-order valence-electron chi connectivity index (χ4n) is 5.14. The molecule has 0 atom stereocenters. The van der Waals surface area contributed by atoms with E-state index in [9.17, 15) is 0 Å². The molecule has 0 bridgehead atoms. The molecule has 0 spiro atoms. The molecule has 0 rings (SSSR count). The van der Waals surface area contributed by atoms with Crippen LogP contribution in [-0.4, -0.2) is 52.9 Å². The summed E-state index contributed by atoms with van der Waals surface area (Å²) in [5.41, 5.74) is 4.02. The monoisotopic (exact) mass is 498 g/mol. The van der Waals surface area contributed by atoms with Gasteiger partial charge in [-0.1, -0.05) is 0 Å². The molecule has 0 saturated carbocycles. The summed E-state index contributed by atoms with van der Waals surface area (Å²) in [4.78, 5) is 4.97. The van der Waals surface area contributed by atoms with Crippen LogP contribution in [0.3, 0.4) is 0 Å². The predicted molar refractivity (Wildman–Crippen MR) is 127 cm³/mol. The Labute approximate surface area is 165 Å². The van der Waals surface area contributed by atoms with E-state index in [4.69, 9.17) is 5.93 Å². The molecule has 0 fully saturated rings. The SMILES string of the molecule is CC(C)P(=[N][Sn]([CH3])([CH3])[N]=P(C(C)C)(C(C)C)C(C)C)(C(C)C)C(C)C. The van der Waals surface area contributed by atoms with Gasteiger partial charge in [0, 0.05) is 0 Å². The summed E-state index contributed by atoms with van der Waals surface area (Å²) in [5.74, 6) is 0. The molecular formula is C20H48N2P2Sn. The van der Waals surface area contributed by atoms with Gasteiger partial charge in [-0.05, 0) is 0 Å². The summed E-state index contributed by atoms with van der Waals surface area (Å²) in [6.45, 7) is 28.9. The second-order valence-corrected chi connectivity index (χ2v) is 31.6. The van der Waals surface area contributed by atoms with Crippen LogP contribution in [0.25, 0.3) is 0 Å². The quantitative estimate of drug-likeness (QED) is 0.237. The number of hydrogen-bond acceptors (Lipinski definition) is 2. The summed E-state index contributed by atoms with van der Waals surface area (Å²) in [7, 11) is -2.74. The maximum absolute atomic E-state index is 5.85. The first-order valence-corrected chi connectivity index (χ1v) is 22.5. The van der Waals surface area contributed by atoms with E-state index in [-0.39, 0.29) is 0 Å². The van der Waals surface area contributed by atoms with Gasteiger partial charge in [0.05, 0.1) is 0 Å². The molecule has 0 saturated heterocycles. The van der Waals surface area contributed by atoms with E-state index in [0.717, 1.165) is 0 Å². The van der Waals surface area contributed by atoms with Crippen molar-refractivity contribution in [2.45, 2.75) is 127 Å². The van der Waals surface area contributed by atoms with Crippen molar-refractivity contribution in [3.8, 4) is 0 Å². The predicted octanol–water partition coefficient (Wildman–Crippen LogP) is 8.54. The van der Waals surface area contributed by atoms with Crippen LogP contribution in [0.5, 0.6) is 0 Å². The molecule has 0 heterocycles. The molecule has 0 aromatic carbocycles. The van der Waals surface area contributed by atoms with Gasteiger partial charge in [0.2, 0.25) is 0 Å². The molecule has 0 aliphatic rings. The molecular weight excluding hydrogens is 449 g/mol. The molecule has 0 N–H and O–H groups in total. The zero-order chi connectivity index (χ0) is 20.4. The van der Waals surface area contributed by atoms with Gasteiger partial charge in [-0.3, -0.25) is 0 Å². The summed E-state index contributed by atoms with van der Waals surface area (Å²) in [6.07, 6.45) is 0. The standard InChI is InChI=1S/2C9H21NP.2CH3.Sn/c2*1-7(2)11(10,8(3)4)9(5)6;;;/h2*7-9H,1-6H3;2*1H3;/q2*-1;;;+2. The first kappa shape index (κ1) is 26.3. The van der Waals surface area contributed by atoms with Crippen molar-refractivity contribution in [2.75, 3.05) is 0 Å². The topological polar surface area (TPSA) is 24.7 Å². The molecule has 0 unspecified atom stereocenters. The molecule has 0 amide bonds. The van der Waals surface area contributed by atoms with E-state index in [1.165, 1.54) is 0 Å². The van der Waals surface area contributed by atoms with Crippen molar-refractivity contribution < 1.29 is 0 Å². The molecule has 152 valence electrons. The van der Waals surface area contributed by atoms with Gasteiger partial charge >= 0.3 is 166 Å². The second kappa shape index (κ2) is 9.64. The van der Waals surface area contributed by atoms with Gasteiger partial charge in [-0.15, -0.1) is 0 Å². The van der Waals surface area contributed by atoms with Crippen molar-refractivity contribution >= 4 is 33.0 Å². The average Bonchev–Trinajstić information content (AvgIpc) is 2.39.